The molecule has 19 heavy (non-hydrogen) atoms. The Bertz CT molecular complexity index is 530. The van der Waals surface area contributed by atoms with Gasteiger partial charge >= 0.3 is 6.03 Å². The fraction of sp³-hybridized carbons (Fsp3) is 0.500. The number of nitrogens with zero attached hydrogens (tertiary/aromatic N) is 2. The highest BCUT2D eigenvalue weighted by Gasteiger charge is 2.34. The van der Waals surface area contributed by atoms with Crippen molar-refractivity contribution in [3.63, 3.8) is 0 Å². The van der Waals surface area contributed by atoms with Gasteiger partial charge in [0.05, 0.1) is 6.04 Å². The molecular formula is C14H18N2O3. The maximum absolute atomic E-state index is 11.9. The Morgan fingerprint density at radius 1 is 1.16 bits per heavy atom. The number of benzene rings is 1. The average molecular weight is 262 g/mol. The minimum Gasteiger partial charge on any atom is -0.486 e. The number of carbonyl (C=O) groups is 1. The van der Waals surface area contributed by atoms with Gasteiger partial charge in [-0.15, -0.1) is 0 Å². The summed E-state index contributed by atoms with van der Waals surface area (Å²) in [6.45, 7) is 3.92. The van der Waals surface area contributed by atoms with Gasteiger partial charge in [0.25, 0.3) is 0 Å². The smallest absolute Gasteiger partial charge is 0.320 e. The van der Waals surface area contributed by atoms with Gasteiger partial charge in [-0.05, 0) is 30.2 Å². The lowest BCUT2D eigenvalue weighted by atomic mass is 10.00. The van der Waals surface area contributed by atoms with Gasteiger partial charge in [0, 0.05) is 20.6 Å². The van der Waals surface area contributed by atoms with E-state index in [9.17, 15) is 4.79 Å². The van der Waals surface area contributed by atoms with Crippen molar-refractivity contribution in [1.29, 1.82) is 0 Å². The van der Waals surface area contributed by atoms with Crippen LogP contribution in [0.2, 0.25) is 0 Å². The highest BCUT2D eigenvalue weighted by Crippen LogP contribution is 2.38. The number of carbonyl (C=O) groups excluding carboxylic acids is 1. The maximum atomic E-state index is 11.9. The van der Waals surface area contributed by atoms with Crippen LogP contribution in [0.15, 0.2) is 12.1 Å². The molecule has 1 aromatic carbocycles. The second kappa shape index (κ2) is 4.33. The summed E-state index contributed by atoms with van der Waals surface area (Å²) in [6.07, 6.45) is 0. The Kier molecular flexibility index (Phi) is 2.77. The number of hydrogen-bond acceptors (Lipinski definition) is 3. The van der Waals surface area contributed by atoms with E-state index in [0.29, 0.717) is 19.8 Å². The van der Waals surface area contributed by atoms with Gasteiger partial charge in [-0.25, -0.2) is 4.79 Å². The number of hydrogen-bond donors (Lipinski definition) is 0. The molecule has 0 radical (unpaired) electrons. The van der Waals surface area contributed by atoms with Crippen LogP contribution in [0.25, 0.3) is 0 Å². The van der Waals surface area contributed by atoms with Crippen LogP contribution in [0.4, 0.5) is 4.79 Å². The van der Waals surface area contributed by atoms with Crippen molar-refractivity contribution >= 4 is 6.03 Å². The van der Waals surface area contributed by atoms with Crippen LogP contribution in [0, 0.1) is 6.92 Å². The SMILES string of the molecule is Cc1cc2c(cc1C1CN(C)C(=O)N1C)OCCO2. The lowest BCUT2D eigenvalue weighted by molar-refractivity contribution is 0.171. The van der Waals surface area contributed by atoms with Gasteiger partial charge < -0.3 is 19.3 Å². The zero-order valence-corrected chi connectivity index (χ0v) is 11.5. The van der Waals surface area contributed by atoms with Crippen molar-refractivity contribution in [2.75, 3.05) is 33.9 Å². The van der Waals surface area contributed by atoms with Crippen LogP contribution in [0.5, 0.6) is 11.5 Å². The van der Waals surface area contributed by atoms with E-state index in [1.165, 1.54) is 0 Å². The molecule has 2 amide bonds. The third kappa shape index (κ3) is 1.89. The number of rotatable bonds is 1. The molecule has 0 bridgehead atoms. The molecule has 0 saturated carbocycles. The van der Waals surface area contributed by atoms with E-state index < -0.39 is 0 Å². The number of amides is 2. The van der Waals surface area contributed by atoms with Crippen LogP contribution in [-0.4, -0.2) is 49.7 Å². The molecule has 1 atom stereocenters. The van der Waals surface area contributed by atoms with Gasteiger partial charge in [-0.1, -0.05) is 0 Å². The molecule has 0 N–H and O–H groups in total. The molecule has 1 fully saturated rings. The molecule has 0 aliphatic carbocycles. The van der Waals surface area contributed by atoms with Gasteiger partial charge in [0.15, 0.2) is 11.5 Å². The Morgan fingerprint density at radius 2 is 1.79 bits per heavy atom. The fourth-order valence-corrected chi connectivity index (χ4v) is 2.73. The van der Waals surface area contributed by atoms with E-state index in [4.69, 9.17) is 9.47 Å². The first-order chi connectivity index (χ1) is 9.08. The third-order valence-corrected chi connectivity index (χ3v) is 3.83. The molecule has 2 aliphatic heterocycles. The predicted molar refractivity (Wildman–Crippen MR) is 70.7 cm³/mol. The van der Waals surface area contributed by atoms with E-state index in [0.717, 1.165) is 22.6 Å². The molecule has 1 unspecified atom stereocenters. The Morgan fingerprint density at radius 3 is 2.37 bits per heavy atom. The van der Waals surface area contributed by atoms with Crippen LogP contribution in [0.1, 0.15) is 17.2 Å². The van der Waals surface area contributed by atoms with Crippen LogP contribution < -0.4 is 9.47 Å². The number of urea groups is 1. The first-order valence-corrected chi connectivity index (χ1v) is 6.46. The number of aryl methyl sites for hydroxylation is 1. The molecule has 5 heteroatoms. The molecule has 1 saturated heterocycles. The summed E-state index contributed by atoms with van der Waals surface area (Å²) in [7, 11) is 3.67. The van der Waals surface area contributed by atoms with Gasteiger partial charge in [-0.2, -0.15) is 0 Å². The largest absolute Gasteiger partial charge is 0.486 e. The standard InChI is InChI=1S/C14H18N2O3/c1-9-6-12-13(19-5-4-18-12)7-10(9)11-8-15(2)14(17)16(11)3/h6-7,11H,4-5,8H2,1-3H3. The lowest BCUT2D eigenvalue weighted by Crippen LogP contribution is -2.27. The van der Waals surface area contributed by atoms with E-state index >= 15 is 0 Å². The van der Waals surface area contributed by atoms with E-state index in [1.807, 2.05) is 33.2 Å². The Labute approximate surface area is 112 Å². The Balaban J connectivity index is 1.99. The summed E-state index contributed by atoms with van der Waals surface area (Å²) in [5, 5.41) is 0. The fourth-order valence-electron chi connectivity index (χ4n) is 2.73. The summed E-state index contributed by atoms with van der Waals surface area (Å²) in [6, 6.07) is 4.14. The molecule has 0 spiro atoms. The van der Waals surface area contributed by atoms with Crippen molar-refractivity contribution in [3.8, 4) is 11.5 Å². The summed E-state index contributed by atoms with van der Waals surface area (Å²) >= 11 is 0. The van der Waals surface area contributed by atoms with Crippen LogP contribution in [-0.2, 0) is 0 Å². The second-order valence-corrected chi connectivity index (χ2v) is 5.14. The maximum Gasteiger partial charge on any atom is 0.320 e. The molecule has 0 aromatic heterocycles. The van der Waals surface area contributed by atoms with E-state index in [-0.39, 0.29) is 12.1 Å². The zero-order chi connectivity index (χ0) is 13.6. The number of likely N-dealkylation sites (N-methyl/N-ethyl adjacent to an activating group) is 2. The van der Waals surface area contributed by atoms with E-state index in [1.54, 1.807) is 9.80 Å². The van der Waals surface area contributed by atoms with E-state index in [2.05, 4.69) is 0 Å². The minimum absolute atomic E-state index is 0.0549. The van der Waals surface area contributed by atoms with Crippen LogP contribution in [0.3, 0.4) is 0 Å². The Hall–Kier alpha value is -1.91. The third-order valence-electron chi connectivity index (χ3n) is 3.83. The number of ether oxygens (including phenoxy) is 2. The quantitative estimate of drug-likeness (QED) is 0.775. The summed E-state index contributed by atoms with van der Waals surface area (Å²) < 4.78 is 11.2. The predicted octanol–water partition coefficient (Wildman–Crippen LogP) is 1.80. The average Bonchev–Trinajstić information content (AvgIpc) is 2.66. The molecule has 102 valence electrons. The van der Waals surface area contributed by atoms with Crippen molar-refractivity contribution in [2.45, 2.75) is 13.0 Å². The normalized spacial score (nSPS) is 22.1. The summed E-state index contributed by atoms with van der Waals surface area (Å²) in [5.41, 5.74) is 2.26. The van der Waals surface area contributed by atoms with Gasteiger partial charge in [0.2, 0.25) is 0 Å². The highest BCUT2D eigenvalue weighted by molar-refractivity contribution is 5.77. The van der Waals surface area contributed by atoms with Crippen LogP contribution >= 0.6 is 0 Å². The zero-order valence-electron chi connectivity index (χ0n) is 11.5. The minimum atomic E-state index is 0.0549. The summed E-state index contributed by atoms with van der Waals surface area (Å²) in [5.74, 6) is 1.58. The van der Waals surface area contributed by atoms with Crippen molar-refractivity contribution < 1.29 is 14.3 Å². The van der Waals surface area contributed by atoms with Crippen molar-refractivity contribution in [1.82, 2.24) is 9.80 Å². The first kappa shape index (κ1) is 12.1. The molecule has 2 heterocycles. The van der Waals surface area contributed by atoms with Gasteiger partial charge in [-0.3, -0.25) is 0 Å². The summed E-state index contributed by atoms with van der Waals surface area (Å²) in [4.78, 5) is 15.4. The van der Waals surface area contributed by atoms with Gasteiger partial charge in [0.1, 0.15) is 13.2 Å². The van der Waals surface area contributed by atoms with Crippen molar-refractivity contribution in [2.24, 2.45) is 0 Å². The topological polar surface area (TPSA) is 42.0 Å². The lowest BCUT2D eigenvalue weighted by Gasteiger charge is -2.24. The monoisotopic (exact) mass is 262 g/mol. The molecular weight excluding hydrogens is 244 g/mol. The highest BCUT2D eigenvalue weighted by atomic mass is 16.6. The molecule has 3 rings (SSSR count). The second-order valence-electron chi connectivity index (χ2n) is 5.14. The molecule has 2 aliphatic rings. The number of fused-ring (bicyclic) bond motifs is 1. The first-order valence-electron chi connectivity index (χ1n) is 6.46. The van der Waals surface area contributed by atoms with Crippen molar-refractivity contribution in [3.05, 3.63) is 23.3 Å². The molecule has 5 nitrogen and oxygen atoms in total. The molecule has 1 aromatic rings.